The summed E-state index contributed by atoms with van der Waals surface area (Å²) in [5, 5.41) is 6.17. The van der Waals surface area contributed by atoms with Crippen molar-refractivity contribution in [1.29, 1.82) is 0 Å². The zero-order valence-corrected chi connectivity index (χ0v) is 13.2. The fourth-order valence-electron chi connectivity index (χ4n) is 2.18. The van der Waals surface area contributed by atoms with E-state index in [1.807, 2.05) is 0 Å². The molecule has 116 valence electrons. The quantitative estimate of drug-likeness (QED) is 0.785. The maximum absolute atomic E-state index is 12.1. The van der Waals surface area contributed by atoms with Gasteiger partial charge in [0.05, 0.1) is 23.0 Å². The Bertz CT molecular complexity index is 628. The smallest absolute Gasteiger partial charge is 0.241 e. The van der Waals surface area contributed by atoms with Crippen molar-refractivity contribution in [2.75, 3.05) is 22.8 Å². The largest absolute Gasteiger partial charge is 0.325 e. The van der Waals surface area contributed by atoms with Gasteiger partial charge in [-0.05, 0) is 37.6 Å². The third kappa shape index (κ3) is 4.87. The van der Waals surface area contributed by atoms with Crippen molar-refractivity contribution in [3.63, 3.8) is 0 Å². The molecule has 1 unspecified atom stereocenters. The lowest BCUT2D eigenvalue weighted by Gasteiger charge is -2.22. The maximum atomic E-state index is 12.1. The van der Waals surface area contributed by atoms with Crippen LogP contribution >= 0.6 is 11.6 Å². The fourth-order valence-corrected chi connectivity index (χ4v) is 3.04. The number of nitrogens with one attached hydrogen (secondary N) is 3. The van der Waals surface area contributed by atoms with E-state index in [4.69, 9.17) is 11.6 Å². The molecule has 0 aliphatic carbocycles. The summed E-state index contributed by atoms with van der Waals surface area (Å²) >= 11 is 6.01. The van der Waals surface area contributed by atoms with Gasteiger partial charge in [-0.2, -0.15) is 0 Å². The number of rotatable bonds is 4. The summed E-state index contributed by atoms with van der Waals surface area (Å²) < 4.78 is 24.7. The summed E-state index contributed by atoms with van der Waals surface area (Å²) in [6.45, 7) is 0.843. The molecular weight excluding hydrogens is 314 g/mol. The Balaban J connectivity index is 2.04. The molecule has 3 N–H and O–H groups in total. The second-order valence-electron chi connectivity index (χ2n) is 5.06. The molecule has 6 nitrogen and oxygen atoms in total. The predicted octanol–water partition coefficient (Wildman–Crippen LogP) is 1.79. The van der Waals surface area contributed by atoms with Gasteiger partial charge in [-0.1, -0.05) is 18.0 Å². The molecule has 0 bridgehead atoms. The van der Waals surface area contributed by atoms with Crippen molar-refractivity contribution in [2.45, 2.75) is 25.3 Å². The van der Waals surface area contributed by atoms with E-state index in [0.717, 1.165) is 32.1 Å². The highest BCUT2D eigenvalue weighted by molar-refractivity contribution is 7.92. The van der Waals surface area contributed by atoms with Crippen LogP contribution in [0.1, 0.15) is 19.3 Å². The zero-order chi connectivity index (χ0) is 15.5. The number of anilines is 2. The molecule has 1 aromatic carbocycles. The van der Waals surface area contributed by atoms with Gasteiger partial charge in [0.25, 0.3) is 0 Å². The van der Waals surface area contributed by atoms with Crippen molar-refractivity contribution >= 4 is 38.9 Å². The molecule has 0 aromatic heterocycles. The van der Waals surface area contributed by atoms with Gasteiger partial charge < -0.3 is 10.6 Å². The van der Waals surface area contributed by atoms with Crippen LogP contribution in [0.2, 0.25) is 5.02 Å². The lowest BCUT2D eigenvalue weighted by molar-refractivity contribution is -0.118. The first-order valence-electron chi connectivity index (χ1n) is 6.67. The van der Waals surface area contributed by atoms with E-state index < -0.39 is 10.0 Å². The third-order valence-electron chi connectivity index (χ3n) is 3.16. The minimum Gasteiger partial charge on any atom is -0.325 e. The summed E-state index contributed by atoms with van der Waals surface area (Å²) in [7, 11) is -3.38. The summed E-state index contributed by atoms with van der Waals surface area (Å²) in [4.78, 5) is 12.1. The highest BCUT2D eigenvalue weighted by Crippen LogP contribution is 2.26. The Labute approximate surface area is 129 Å². The number of halogens is 1. The minimum absolute atomic E-state index is 0.102. The number of sulfonamides is 1. The Hall–Kier alpha value is -1.31. The van der Waals surface area contributed by atoms with Gasteiger partial charge in [-0.25, -0.2) is 8.42 Å². The second kappa shape index (κ2) is 6.64. The molecule has 1 aliphatic heterocycles. The lowest BCUT2D eigenvalue weighted by Crippen LogP contribution is -2.43. The van der Waals surface area contributed by atoms with Crippen molar-refractivity contribution in [2.24, 2.45) is 0 Å². The van der Waals surface area contributed by atoms with Crippen molar-refractivity contribution in [3.05, 3.63) is 23.2 Å². The van der Waals surface area contributed by atoms with Gasteiger partial charge >= 0.3 is 0 Å². The maximum Gasteiger partial charge on any atom is 0.241 e. The second-order valence-corrected chi connectivity index (χ2v) is 7.22. The lowest BCUT2D eigenvalue weighted by atomic mass is 10.0. The topological polar surface area (TPSA) is 87.3 Å². The molecule has 0 radical (unpaired) electrons. The molecule has 8 heteroatoms. The monoisotopic (exact) mass is 331 g/mol. The Kier molecular flexibility index (Phi) is 5.08. The average Bonchev–Trinajstić information content (AvgIpc) is 2.41. The van der Waals surface area contributed by atoms with Crippen LogP contribution in [0.15, 0.2) is 18.2 Å². The number of piperidine rings is 1. The Morgan fingerprint density at radius 1 is 1.38 bits per heavy atom. The molecule has 1 aromatic rings. The first-order valence-corrected chi connectivity index (χ1v) is 8.94. The van der Waals surface area contributed by atoms with Crippen molar-refractivity contribution in [1.82, 2.24) is 5.32 Å². The summed E-state index contributed by atoms with van der Waals surface area (Å²) in [6, 6.07) is 4.47. The Morgan fingerprint density at radius 3 is 2.71 bits per heavy atom. The van der Waals surface area contributed by atoms with Crippen LogP contribution in [-0.4, -0.2) is 33.2 Å². The molecule has 21 heavy (non-hydrogen) atoms. The number of hydrogen-bond acceptors (Lipinski definition) is 4. The van der Waals surface area contributed by atoms with Gasteiger partial charge in [-0.15, -0.1) is 0 Å². The van der Waals surface area contributed by atoms with Gasteiger partial charge in [0.1, 0.15) is 0 Å². The fraction of sp³-hybridized carbons (Fsp3) is 0.462. The normalized spacial score (nSPS) is 19.0. The SMILES string of the molecule is CS(=O)(=O)Nc1ccc(NC(=O)C2CCCCN2)cc1Cl. The van der Waals surface area contributed by atoms with E-state index in [-0.39, 0.29) is 22.7 Å². The minimum atomic E-state index is -3.38. The molecule has 1 heterocycles. The van der Waals surface area contributed by atoms with Gasteiger partial charge in [-0.3, -0.25) is 9.52 Å². The van der Waals surface area contributed by atoms with E-state index >= 15 is 0 Å². The molecule has 1 saturated heterocycles. The van der Waals surface area contributed by atoms with Gasteiger partial charge in [0, 0.05) is 5.69 Å². The molecular formula is C13H18ClN3O3S. The number of carbonyl (C=O) groups is 1. The van der Waals surface area contributed by atoms with E-state index in [0.29, 0.717) is 5.69 Å². The first kappa shape index (κ1) is 16.1. The first-order chi connectivity index (χ1) is 9.85. The van der Waals surface area contributed by atoms with Crippen LogP contribution < -0.4 is 15.4 Å². The predicted molar refractivity (Wildman–Crippen MR) is 84.2 cm³/mol. The van der Waals surface area contributed by atoms with Crippen LogP contribution in [-0.2, 0) is 14.8 Å². The Morgan fingerprint density at radius 2 is 2.14 bits per heavy atom. The third-order valence-corrected chi connectivity index (χ3v) is 4.06. The molecule has 0 saturated carbocycles. The molecule has 1 fully saturated rings. The number of amides is 1. The average molecular weight is 332 g/mol. The number of benzene rings is 1. The highest BCUT2D eigenvalue weighted by Gasteiger charge is 2.20. The number of carbonyl (C=O) groups excluding carboxylic acids is 1. The van der Waals surface area contributed by atoms with E-state index in [2.05, 4.69) is 15.4 Å². The highest BCUT2D eigenvalue weighted by atomic mass is 35.5. The van der Waals surface area contributed by atoms with Crippen LogP contribution in [0.4, 0.5) is 11.4 Å². The molecule has 1 aliphatic rings. The zero-order valence-electron chi connectivity index (χ0n) is 11.6. The van der Waals surface area contributed by atoms with Gasteiger partial charge in [0.2, 0.25) is 15.9 Å². The van der Waals surface area contributed by atoms with Crippen molar-refractivity contribution < 1.29 is 13.2 Å². The molecule has 0 spiro atoms. The standard InChI is InChI=1S/C13H18ClN3O3S/c1-21(19,20)17-11-6-5-9(8-10(11)14)16-13(18)12-4-2-3-7-15-12/h5-6,8,12,15,17H,2-4,7H2,1H3,(H,16,18). The van der Waals surface area contributed by atoms with Crippen molar-refractivity contribution in [3.8, 4) is 0 Å². The van der Waals surface area contributed by atoms with E-state index in [1.54, 1.807) is 6.07 Å². The van der Waals surface area contributed by atoms with E-state index in [1.165, 1.54) is 12.1 Å². The molecule has 1 amide bonds. The van der Waals surface area contributed by atoms with Crippen LogP contribution in [0.25, 0.3) is 0 Å². The van der Waals surface area contributed by atoms with Crippen LogP contribution in [0.3, 0.4) is 0 Å². The van der Waals surface area contributed by atoms with Crippen LogP contribution in [0.5, 0.6) is 0 Å². The summed E-state index contributed by atoms with van der Waals surface area (Å²) in [5.41, 5.74) is 0.824. The van der Waals surface area contributed by atoms with E-state index in [9.17, 15) is 13.2 Å². The molecule has 2 rings (SSSR count). The number of hydrogen-bond donors (Lipinski definition) is 3. The van der Waals surface area contributed by atoms with Crippen LogP contribution in [0, 0.1) is 0 Å². The summed E-state index contributed by atoms with van der Waals surface area (Å²) in [5.74, 6) is -0.102. The molecule has 1 atom stereocenters. The summed E-state index contributed by atoms with van der Waals surface area (Å²) in [6.07, 6.45) is 3.98. The van der Waals surface area contributed by atoms with Gasteiger partial charge in [0.15, 0.2) is 0 Å².